The second-order valence-electron chi connectivity index (χ2n) is 8.53. The first-order chi connectivity index (χ1) is 17.3. The largest absolute Gasteiger partial charge is 0.332 e. The number of nitro benzene ring substituents is 1. The molecule has 0 saturated heterocycles. The SMILES string of the molecule is CCCCc1ccc(-n2nc3cc(C)c(NC(=S)NC(=O)c4cccc([N+](=O)[O-])c4C)cc3n2)cc1. The molecule has 0 bridgehead atoms. The lowest BCUT2D eigenvalue weighted by molar-refractivity contribution is -0.385. The van der Waals surface area contributed by atoms with Crippen molar-refractivity contribution in [1.82, 2.24) is 20.3 Å². The first kappa shape index (κ1) is 24.9. The van der Waals surface area contributed by atoms with E-state index in [1.165, 1.54) is 30.7 Å². The van der Waals surface area contributed by atoms with Gasteiger partial charge in [0, 0.05) is 22.9 Å². The summed E-state index contributed by atoms with van der Waals surface area (Å²) in [6.07, 6.45) is 3.37. The summed E-state index contributed by atoms with van der Waals surface area (Å²) in [5.74, 6) is -0.527. The van der Waals surface area contributed by atoms with Gasteiger partial charge in [-0.15, -0.1) is 10.2 Å². The monoisotopic (exact) mass is 502 g/mol. The summed E-state index contributed by atoms with van der Waals surface area (Å²) in [5, 5.41) is 26.1. The van der Waals surface area contributed by atoms with Gasteiger partial charge >= 0.3 is 0 Å². The highest BCUT2D eigenvalue weighted by atomic mass is 32.1. The van der Waals surface area contributed by atoms with Crippen LogP contribution in [0.4, 0.5) is 11.4 Å². The van der Waals surface area contributed by atoms with Gasteiger partial charge in [0.05, 0.1) is 10.6 Å². The maximum Gasteiger partial charge on any atom is 0.273 e. The number of rotatable bonds is 7. The molecule has 4 aromatic rings. The molecule has 4 rings (SSSR count). The van der Waals surface area contributed by atoms with Crippen LogP contribution in [0.5, 0.6) is 0 Å². The molecule has 0 spiro atoms. The minimum atomic E-state index is -0.527. The van der Waals surface area contributed by atoms with E-state index in [2.05, 4.69) is 39.9 Å². The van der Waals surface area contributed by atoms with Gasteiger partial charge in [0.2, 0.25) is 0 Å². The van der Waals surface area contributed by atoms with Gasteiger partial charge in [0.15, 0.2) is 5.11 Å². The third kappa shape index (κ3) is 5.38. The molecule has 0 saturated carbocycles. The second kappa shape index (κ2) is 10.6. The minimum Gasteiger partial charge on any atom is -0.332 e. The fourth-order valence-electron chi connectivity index (χ4n) is 3.89. The van der Waals surface area contributed by atoms with Crippen molar-refractivity contribution in [2.75, 3.05) is 5.32 Å². The Morgan fingerprint density at radius 2 is 1.78 bits per heavy atom. The van der Waals surface area contributed by atoms with Crippen LogP contribution in [0.15, 0.2) is 54.6 Å². The predicted octanol–water partition coefficient (Wildman–Crippen LogP) is 5.41. The van der Waals surface area contributed by atoms with Crippen molar-refractivity contribution in [3.05, 3.63) is 87.0 Å². The van der Waals surface area contributed by atoms with Crippen molar-refractivity contribution in [3.8, 4) is 5.69 Å². The highest BCUT2D eigenvalue weighted by Gasteiger charge is 2.19. The Bertz CT molecular complexity index is 1460. The van der Waals surface area contributed by atoms with Crippen LogP contribution in [-0.2, 0) is 6.42 Å². The van der Waals surface area contributed by atoms with E-state index in [9.17, 15) is 14.9 Å². The average molecular weight is 503 g/mol. The number of aromatic nitrogens is 3. The van der Waals surface area contributed by atoms with Gasteiger partial charge in [-0.1, -0.05) is 31.5 Å². The van der Waals surface area contributed by atoms with Gasteiger partial charge in [-0.25, -0.2) is 0 Å². The van der Waals surface area contributed by atoms with Gasteiger partial charge in [0.25, 0.3) is 11.6 Å². The van der Waals surface area contributed by atoms with Crippen LogP contribution in [0.25, 0.3) is 16.7 Å². The molecule has 1 amide bonds. The number of carbonyl (C=O) groups is 1. The van der Waals surface area contributed by atoms with E-state index in [-0.39, 0.29) is 21.9 Å². The molecule has 1 aromatic heterocycles. The third-order valence-electron chi connectivity index (χ3n) is 5.93. The standard InChI is InChI=1S/C26H26N6O3S/c1-4-5-7-18-10-12-19(13-11-18)31-29-22-14-16(2)21(15-23(22)30-31)27-26(36)28-25(33)20-8-6-9-24(17(20)3)32(34)35/h6,8-15H,4-5,7H2,1-3H3,(H2,27,28,33,36). The number of amides is 1. The Morgan fingerprint density at radius 1 is 1.08 bits per heavy atom. The summed E-state index contributed by atoms with van der Waals surface area (Å²) in [7, 11) is 0. The molecule has 3 aromatic carbocycles. The molecule has 36 heavy (non-hydrogen) atoms. The molecule has 0 atom stereocenters. The first-order valence-electron chi connectivity index (χ1n) is 11.6. The van der Waals surface area contributed by atoms with Gasteiger partial charge in [-0.3, -0.25) is 20.2 Å². The summed E-state index contributed by atoms with van der Waals surface area (Å²) in [6.45, 7) is 5.61. The number of aryl methyl sites for hydroxylation is 2. The number of nitrogens with one attached hydrogen (secondary N) is 2. The normalized spacial score (nSPS) is 10.9. The Hall–Kier alpha value is -4.18. The lowest BCUT2D eigenvalue weighted by atomic mass is 10.1. The first-order valence-corrected chi connectivity index (χ1v) is 12.0. The molecular weight excluding hydrogens is 476 g/mol. The molecule has 0 radical (unpaired) electrons. The zero-order valence-corrected chi connectivity index (χ0v) is 21.1. The fourth-order valence-corrected chi connectivity index (χ4v) is 4.09. The molecule has 9 nitrogen and oxygen atoms in total. The molecule has 10 heteroatoms. The van der Waals surface area contributed by atoms with E-state index >= 15 is 0 Å². The van der Waals surface area contributed by atoms with E-state index in [0.29, 0.717) is 11.2 Å². The number of nitrogens with zero attached hydrogens (tertiary/aromatic N) is 4. The Kier molecular flexibility index (Phi) is 7.35. The van der Waals surface area contributed by atoms with Crippen molar-refractivity contribution in [3.63, 3.8) is 0 Å². The third-order valence-corrected chi connectivity index (χ3v) is 6.14. The molecule has 2 N–H and O–H groups in total. The van der Waals surface area contributed by atoms with Crippen LogP contribution in [0, 0.1) is 24.0 Å². The molecule has 0 aliphatic carbocycles. The van der Waals surface area contributed by atoms with Gasteiger partial charge < -0.3 is 5.32 Å². The van der Waals surface area contributed by atoms with Crippen molar-refractivity contribution >= 4 is 45.6 Å². The van der Waals surface area contributed by atoms with Gasteiger partial charge in [0.1, 0.15) is 11.0 Å². The number of thiocarbonyl (C=S) groups is 1. The quantitative estimate of drug-likeness (QED) is 0.197. The topological polar surface area (TPSA) is 115 Å². The Balaban J connectivity index is 1.50. The van der Waals surface area contributed by atoms with Gasteiger partial charge in [-0.05, 0) is 80.4 Å². The zero-order chi connectivity index (χ0) is 25.8. The van der Waals surface area contributed by atoms with E-state index in [1.807, 2.05) is 31.2 Å². The number of nitro groups is 1. The molecule has 0 unspecified atom stereocenters. The maximum atomic E-state index is 12.7. The number of benzene rings is 3. The Labute approximate surface area is 213 Å². The van der Waals surface area contributed by atoms with Crippen LogP contribution >= 0.6 is 12.2 Å². The molecular formula is C26H26N6O3S. The van der Waals surface area contributed by atoms with Crippen molar-refractivity contribution in [2.45, 2.75) is 40.0 Å². The highest BCUT2D eigenvalue weighted by Crippen LogP contribution is 2.23. The van der Waals surface area contributed by atoms with Crippen LogP contribution in [0.1, 0.15) is 46.8 Å². The van der Waals surface area contributed by atoms with Gasteiger partial charge in [-0.2, -0.15) is 4.80 Å². The minimum absolute atomic E-state index is 0.0726. The number of carbonyl (C=O) groups excluding carboxylic acids is 1. The van der Waals surface area contributed by atoms with Crippen molar-refractivity contribution < 1.29 is 9.72 Å². The summed E-state index contributed by atoms with van der Waals surface area (Å²) < 4.78 is 0. The molecule has 0 aliphatic heterocycles. The van der Waals surface area contributed by atoms with Crippen LogP contribution in [0.3, 0.4) is 0 Å². The summed E-state index contributed by atoms with van der Waals surface area (Å²) >= 11 is 5.33. The summed E-state index contributed by atoms with van der Waals surface area (Å²) in [6, 6.07) is 16.3. The lowest BCUT2D eigenvalue weighted by Gasteiger charge is -2.12. The number of hydrogen-bond donors (Lipinski definition) is 2. The van der Waals surface area contributed by atoms with E-state index in [4.69, 9.17) is 12.2 Å². The average Bonchev–Trinajstić information content (AvgIpc) is 3.25. The summed E-state index contributed by atoms with van der Waals surface area (Å²) in [4.78, 5) is 24.9. The van der Waals surface area contributed by atoms with Crippen molar-refractivity contribution in [1.29, 1.82) is 0 Å². The fraction of sp³-hybridized carbons (Fsp3) is 0.231. The number of fused-ring (bicyclic) bond motifs is 1. The van der Waals surface area contributed by atoms with Crippen LogP contribution in [-0.4, -0.2) is 30.9 Å². The Morgan fingerprint density at radius 3 is 2.44 bits per heavy atom. The number of anilines is 1. The van der Waals surface area contributed by atoms with E-state index in [0.717, 1.165) is 36.0 Å². The molecule has 184 valence electrons. The highest BCUT2D eigenvalue weighted by molar-refractivity contribution is 7.80. The molecule has 0 aliphatic rings. The second-order valence-corrected chi connectivity index (χ2v) is 8.94. The maximum absolute atomic E-state index is 12.7. The lowest BCUT2D eigenvalue weighted by Crippen LogP contribution is -2.34. The predicted molar refractivity (Wildman–Crippen MR) is 144 cm³/mol. The van der Waals surface area contributed by atoms with Crippen molar-refractivity contribution in [2.24, 2.45) is 0 Å². The van der Waals surface area contributed by atoms with Crippen LogP contribution < -0.4 is 10.6 Å². The number of hydrogen-bond acceptors (Lipinski definition) is 6. The summed E-state index contributed by atoms with van der Waals surface area (Å²) in [5.41, 5.74) is 5.43. The van der Waals surface area contributed by atoms with E-state index in [1.54, 1.807) is 4.80 Å². The molecule has 0 fully saturated rings. The van der Waals surface area contributed by atoms with E-state index < -0.39 is 10.8 Å². The molecule has 1 heterocycles. The number of unbranched alkanes of at least 4 members (excludes halogenated alkanes) is 1. The smallest absolute Gasteiger partial charge is 0.273 e. The van der Waals surface area contributed by atoms with Crippen LogP contribution in [0.2, 0.25) is 0 Å². The zero-order valence-electron chi connectivity index (χ0n) is 20.2.